The first-order valence-corrected chi connectivity index (χ1v) is 9.82. The van der Waals surface area contributed by atoms with Gasteiger partial charge in [-0.25, -0.2) is 0 Å². The summed E-state index contributed by atoms with van der Waals surface area (Å²) in [5.74, 6) is -1.14. The van der Waals surface area contributed by atoms with E-state index in [1.54, 1.807) is 6.08 Å². The molecule has 0 radical (unpaired) electrons. The standard InChI is InChI=1S/C20H27N5O4/c1-11(2)10-24-18-13(5-8-15(26)22-12(3)4)9-21-25(18)20(29)16(19(24)28)17(27)23-14-6-7-14/h5,8-9,11-12,14,28H,6-7,10H2,1-4H3,(H,22,26)(H,23,27). The van der Waals surface area contributed by atoms with E-state index in [9.17, 15) is 19.5 Å². The molecular weight excluding hydrogens is 374 g/mol. The molecule has 1 fully saturated rings. The fourth-order valence-corrected chi connectivity index (χ4v) is 3.05. The molecule has 2 aromatic rings. The highest BCUT2D eigenvalue weighted by molar-refractivity contribution is 5.97. The molecule has 0 bridgehead atoms. The highest BCUT2D eigenvalue weighted by Gasteiger charge is 2.29. The minimum absolute atomic E-state index is 0.00763. The van der Waals surface area contributed by atoms with Gasteiger partial charge in [0.2, 0.25) is 11.8 Å². The van der Waals surface area contributed by atoms with Gasteiger partial charge in [-0.2, -0.15) is 9.61 Å². The van der Waals surface area contributed by atoms with Gasteiger partial charge < -0.3 is 15.7 Å². The number of hydrogen-bond acceptors (Lipinski definition) is 5. The molecule has 1 aliphatic carbocycles. The topological polar surface area (TPSA) is 118 Å². The number of fused-ring (bicyclic) bond motifs is 1. The van der Waals surface area contributed by atoms with Crippen molar-refractivity contribution in [1.82, 2.24) is 24.8 Å². The highest BCUT2D eigenvalue weighted by atomic mass is 16.3. The molecule has 9 nitrogen and oxygen atoms in total. The maximum absolute atomic E-state index is 12.9. The third kappa shape index (κ3) is 4.49. The first kappa shape index (κ1) is 20.6. The van der Waals surface area contributed by atoms with E-state index in [2.05, 4.69) is 15.7 Å². The van der Waals surface area contributed by atoms with Crippen molar-refractivity contribution >= 4 is 23.5 Å². The number of hydrogen-bond donors (Lipinski definition) is 3. The van der Waals surface area contributed by atoms with Crippen molar-refractivity contribution in [3.8, 4) is 5.88 Å². The second-order valence-corrected chi connectivity index (χ2v) is 8.09. The molecule has 1 aliphatic rings. The van der Waals surface area contributed by atoms with Gasteiger partial charge in [-0.05, 0) is 38.7 Å². The third-order valence-corrected chi connectivity index (χ3v) is 4.44. The first-order chi connectivity index (χ1) is 13.7. The van der Waals surface area contributed by atoms with Gasteiger partial charge in [-0.3, -0.25) is 19.0 Å². The van der Waals surface area contributed by atoms with E-state index in [-0.39, 0.29) is 29.5 Å². The number of nitrogens with zero attached hydrogens (tertiary/aromatic N) is 3. The van der Waals surface area contributed by atoms with Crippen LogP contribution in [0.2, 0.25) is 0 Å². The first-order valence-electron chi connectivity index (χ1n) is 9.82. The van der Waals surface area contributed by atoms with E-state index in [0.29, 0.717) is 17.8 Å². The van der Waals surface area contributed by atoms with Crippen molar-refractivity contribution in [3.05, 3.63) is 33.8 Å². The molecule has 0 atom stereocenters. The second kappa shape index (κ2) is 8.10. The molecule has 2 amide bonds. The molecule has 2 heterocycles. The van der Waals surface area contributed by atoms with E-state index < -0.39 is 17.3 Å². The summed E-state index contributed by atoms with van der Waals surface area (Å²) >= 11 is 0. The van der Waals surface area contributed by atoms with Gasteiger partial charge in [-0.15, -0.1) is 0 Å². The highest BCUT2D eigenvalue weighted by Crippen LogP contribution is 2.24. The molecule has 29 heavy (non-hydrogen) atoms. The molecule has 3 N–H and O–H groups in total. The maximum atomic E-state index is 12.9. The fourth-order valence-electron chi connectivity index (χ4n) is 3.05. The van der Waals surface area contributed by atoms with Gasteiger partial charge in [0.15, 0.2) is 5.56 Å². The summed E-state index contributed by atoms with van der Waals surface area (Å²) in [4.78, 5) is 37.4. The van der Waals surface area contributed by atoms with Gasteiger partial charge in [-0.1, -0.05) is 13.8 Å². The zero-order valence-electron chi connectivity index (χ0n) is 17.1. The summed E-state index contributed by atoms with van der Waals surface area (Å²) in [6, 6.07) is 0.0397. The van der Waals surface area contributed by atoms with Crippen LogP contribution in [-0.2, 0) is 11.3 Å². The largest absolute Gasteiger partial charge is 0.494 e. The van der Waals surface area contributed by atoms with Crippen LogP contribution in [0.5, 0.6) is 5.88 Å². The van der Waals surface area contributed by atoms with Crippen LogP contribution < -0.4 is 16.2 Å². The Morgan fingerprint density at radius 2 is 2.00 bits per heavy atom. The molecule has 0 unspecified atom stereocenters. The van der Waals surface area contributed by atoms with Crippen molar-refractivity contribution in [1.29, 1.82) is 0 Å². The number of carbonyl (C=O) groups is 2. The molecule has 9 heteroatoms. The number of carbonyl (C=O) groups excluding carboxylic acids is 2. The van der Waals surface area contributed by atoms with Gasteiger partial charge in [0.25, 0.3) is 11.5 Å². The fraction of sp³-hybridized carbons (Fsp3) is 0.500. The Bertz CT molecular complexity index is 1030. The minimum atomic E-state index is -0.693. The van der Waals surface area contributed by atoms with Gasteiger partial charge >= 0.3 is 0 Å². The lowest BCUT2D eigenvalue weighted by Crippen LogP contribution is -2.34. The molecule has 2 aromatic heterocycles. The summed E-state index contributed by atoms with van der Waals surface area (Å²) in [7, 11) is 0. The van der Waals surface area contributed by atoms with Crippen molar-refractivity contribution in [2.75, 3.05) is 0 Å². The molecule has 0 aromatic carbocycles. The molecule has 3 rings (SSSR count). The summed E-state index contributed by atoms with van der Waals surface area (Å²) in [5, 5.41) is 20.4. The Hall–Kier alpha value is -3.10. The van der Waals surface area contributed by atoms with E-state index in [4.69, 9.17) is 0 Å². The SMILES string of the molecule is CC(C)Cn1c(O)c(C(=O)NC2CC2)c(=O)n2ncc(C=CC(=O)NC(C)C)c12. The summed E-state index contributed by atoms with van der Waals surface area (Å²) in [6.07, 6.45) is 6.06. The summed E-state index contributed by atoms with van der Waals surface area (Å²) in [5.41, 5.74) is -0.188. The van der Waals surface area contributed by atoms with Crippen LogP contribution in [0.25, 0.3) is 11.7 Å². The number of aromatic hydroxyl groups is 1. The van der Waals surface area contributed by atoms with Crippen LogP contribution >= 0.6 is 0 Å². The van der Waals surface area contributed by atoms with Crippen LogP contribution in [0, 0.1) is 5.92 Å². The lowest BCUT2D eigenvalue weighted by atomic mass is 10.2. The molecule has 0 saturated heterocycles. The lowest BCUT2D eigenvalue weighted by Gasteiger charge is -2.17. The Morgan fingerprint density at radius 3 is 2.59 bits per heavy atom. The minimum Gasteiger partial charge on any atom is -0.494 e. The van der Waals surface area contributed by atoms with Crippen LogP contribution in [-0.4, -0.2) is 43.2 Å². The van der Waals surface area contributed by atoms with Gasteiger partial charge in [0.05, 0.1) is 6.20 Å². The number of amides is 2. The predicted molar refractivity (Wildman–Crippen MR) is 109 cm³/mol. The van der Waals surface area contributed by atoms with Crippen molar-refractivity contribution in [2.45, 2.75) is 59.2 Å². The second-order valence-electron chi connectivity index (χ2n) is 8.09. The van der Waals surface area contributed by atoms with E-state index in [1.807, 2.05) is 27.7 Å². The molecular formula is C20H27N5O4. The Labute approximate surface area is 168 Å². The molecule has 0 spiro atoms. The summed E-state index contributed by atoms with van der Waals surface area (Å²) < 4.78 is 2.60. The Kier molecular flexibility index (Phi) is 5.76. The van der Waals surface area contributed by atoms with E-state index >= 15 is 0 Å². The zero-order chi connectivity index (χ0) is 21.3. The van der Waals surface area contributed by atoms with Crippen LogP contribution in [0.1, 0.15) is 56.5 Å². The number of aromatic nitrogens is 3. The van der Waals surface area contributed by atoms with Crippen molar-refractivity contribution < 1.29 is 14.7 Å². The Morgan fingerprint density at radius 1 is 1.31 bits per heavy atom. The van der Waals surface area contributed by atoms with E-state index in [0.717, 1.165) is 17.4 Å². The average Bonchev–Trinajstić information content (AvgIpc) is 3.32. The predicted octanol–water partition coefficient (Wildman–Crippen LogP) is 1.29. The quantitative estimate of drug-likeness (QED) is 0.604. The van der Waals surface area contributed by atoms with Gasteiger partial charge in [0.1, 0.15) is 5.65 Å². The van der Waals surface area contributed by atoms with Crippen LogP contribution in [0.4, 0.5) is 0 Å². The smallest absolute Gasteiger partial charge is 0.291 e. The molecule has 156 valence electrons. The Balaban J connectivity index is 2.12. The molecule has 1 saturated carbocycles. The van der Waals surface area contributed by atoms with Crippen molar-refractivity contribution in [2.24, 2.45) is 5.92 Å². The zero-order valence-corrected chi connectivity index (χ0v) is 17.1. The average molecular weight is 401 g/mol. The normalized spacial score (nSPS) is 14.3. The monoisotopic (exact) mass is 401 g/mol. The molecule has 0 aliphatic heterocycles. The third-order valence-electron chi connectivity index (χ3n) is 4.44. The number of rotatable bonds is 7. The number of nitrogens with one attached hydrogen (secondary N) is 2. The summed E-state index contributed by atoms with van der Waals surface area (Å²) in [6.45, 7) is 7.99. The van der Waals surface area contributed by atoms with Crippen LogP contribution in [0.3, 0.4) is 0 Å². The van der Waals surface area contributed by atoms with E-state index in [1.165, 1.54) is 16.8 Å². The van der Waals surface area contributed by atoms with Crippen molar-refractivity contribution in [3.63, 3.8) is 0 Å². The van der Waals surface area contributed by atoms with Crippen LogP contribution in [0.15, 0.2) is 17.1 Å². The maximum Gasteiger partial charge on any atom is 0.291 e. The lowest BCUT2D eigenvalue weighted by molar-refractivity contribution is -0.116. The van der Waals surface area contributed by atoms with Gasteiger partial charge in [0, 0.05) is 30.3 Å².